The minimum Gasteiger partial charge on any atom is -0.341 e. The quantitative estimate of drug-likeness (QED) is 0.535. The van der Waals surface area contributed by atoms with Gasteiger partial charge in [0.25, 0.3) is 0 Å². The molecule has 1 N–H and O–H groups in total. The summed E-state index contributed by atoms with van der Waals surface area (Å²) in [6, 6.07) is 4.45. The summed E-state index contributed by atoms with van der Waals surface area (Å²) in [5, 5.41) is 2.83. The minimum atomic E-state index is -0.247. The van der Waals surface area contributed by atoms with E-state index in [4.69, 9.17) is 12.2 Å². The van der Waals surface area contributed by atoms with Crippen molar-refractivity contribution in [3.05, 3.63) is 29.6 Å². The van der Waals surface area contributed by atoms with Crippen molar-refractivity contribution in [2.24, 2.45) is 0 Å². The van der Waals surface area contributed by atoms with Crippen molar-refractivity contribution in [1.82, 2.24) is 0 Å². The molecular formula is C8H8FNS2. The molecule has 0 aliphatic carbocycles. The van der Waals surface area contributed by atoms with Gasteiger partial charge in [-0.25, -0.2) is 4.39 Å². The van der Waals surface area contributed by atoms with Crippen molar-refractivity contribution in [2.75, 3.05) is 5.32 Å². The molecule has 0 amide bonds. The van der Waals surface area contributed by atoms with Crippen molar-refractivity contribution in [3.8, 4) is 0 Å². The van der Waals surface area contributed by atoms with Crippen LogP contribution in [0.25, 0.3) is 0 Å². The van der Waals surface area contributed by atoms with Gasteiger partial charge < -0.3 is 5.32 Å². The van der Waals surface area contributed by atoms with Crippen LogP contribution in [0.1, 0.15) is 5.56 Å². The predicted octanol–water partition coefficient (Wildman–Crippen LogP) is 2.76. The number of benzene rings is 1. The van der Waals surface area contributed by atoms with E-state index >= 15 is 0 Å². The minimum absolute atomic E-state index is 0.247. The lowest BCUT2D eigenvalue weighted by Crippen LogP contribution is -2.02. The fourth-order valence-electron chi connectivity index (χ4n) is 0.883. The Hall–Kier alpha value is -0.610. The van der Waals surface area contributed by atoms with Crippen molar-refractivity contribution in [3.63, 3.8) is 0 Å². The molecule has 1 aromatic carbocycles. The molecule has 4 heteroatoms. The number of rotatable bonds is 1. The summed E-state index contributed by atoms with van der Waals surface area (Å²) in [6.45, 7) is 1.80. The molecule has 0 bridgehead atoms. The Kier molecular flexibility index (Phi) is 3.05. The summed E-state index contributed by atoms with van der Waals surface area (Å²) >= 11 is 8.64. The Morgan fingerprint density at radius 1 is 1.58 bits per heavy atom. The molecular weight excluding hydrogens is 193 g/mol. The molecule has 0 aliphatic rings. The van der Waals surface area contributed by atoms with E-state index < -0.39 is 0 Å². The molecule has 1 aromatic rings. The third kappa shape index (κ3) is 2.46. The lowest BCUT2D eigenvalue weighted by Gasteiger charge is -2.06. The van der Waals surface area contributed by atoms with Crippen LogP contribution < -0.4 is 5.32 Å². The molecule has 0 aliphatic heterocycles. The molecule has 0 heterocycles. The fraction of sp³-hybridized carbons (Fsp3) is 0.125. The number of nitrogens with one attached hydrogen (secondary N) is 1. The molecule has 0 saturated heterocycles. The van der Waals surface area contributed by atoms with Crippen LogP contribution in [-0.2, 0) is 0 Å². The zero-order valence-corrected chi connectivity index (χ0v) is 8.18. The first-order valence-electron chi connectivity index (χ1n) is 3.35. The third-order valence-corrected chi connectivity index (χ3v) is 1.64. The summed E-state index contributed by atoms with van der Waals surface area (Å²) in [6.07, 6.45) is 0. The highest BCUT2D eigenvalue weighted by Crippen LogP contribution is 2.15. The zero-order valence-electron chi connectivity index (χ0n) is 6.47. The monoisotopic (exact) mass is 201 g/mol. The van der Waals surface area contributed by atoms with Gasteiger partial charge in [0.05, 0.1) is 0 Å². The second kappa shape index (κ2) is 3.87. The molecule has 1 rings (SSSR count). The number of thiocarbonyl (C=S) groups is 1. The standard InChI is InChI=1S/C8H8FNS2/c1-5-4-6(9)2-3-7(5)10-8(11)12/h2-4H,1H3,(H2,10,11,12). The van der Waals surface area contributed by atoms with Gasteiger partial charge >= 0.3 is 0 Å². The van der Waals surface area contributed by atoms with Crippen LogP contribution in [0, 0.1) is 12.7 Å². The maximum atomic E-state index is 12.6. The number of hydrogen-bond donors (Lipinski definition) is 2. The molecule has 0 spiro atoms. The summed E-state index contributed by atoms with van der Waals surface area (Å²) in [5.74, 6) is -0.247. The number of thiol groups is 1. The SMILES string of the molecule is Cc1cc(F)ccc1NC(=S)S. The van der Waals surface area contributed by atoms with Gasteiger partial charge in [-0.05, 0) is 30.7 Å². The van der Waals surface area contributed by atoms with Gasteiger partial charge in [0.15, 0.2) is 0 Å². The highest BCUT2D eigenvalue weighted by atomic mass is 32.1. The lowest BCUT2D eigenvalue weighted by molar-refractivity contribution is 0.627. The van der Waals surface area contributed by atoms with Gasteiger partial charge in [-0.3, -0.25) is 0 Å². The number of halogens is 1. The topological polar surface area (TPSA) is 12.0 Å². The van der Waals surface area contributed by atoms with Crippen LogP contribution in [0.3, 0.4) is 0 Å². The Bertz CT molecular complexity index is 312. The molecule has 0 unspecified atom stereocenters. The Morgan fingerprint density at radius 3 is 2.75 bits per heavy atom. The second-order valence-electron chi connectivity index (χ2n) is 2.39. The normalized spacial score (nSPS) is 9.58. The molecule has 12 heavy (non-hydrogen) atoms. The predicted molar refractivity (Wildman–Crippen MR) is 56.3 cm³/mol. The lowest BCUT2D eigenvalue weighted by atomic mass is 10.2. The van der Waals surface area contributed by atoms with Gasteiger partial charge in [0.1, 0.15) is 10.1 Å². The number of anilines is 1. The maximum Gasteiger partial charge on any atom is 0.135 e. The van der Waals surface area contributed by atoms with Crippen molar-refractivity contribution in [2.45, 2.75) is 6.92 Å². The van der Waals surface area contributed by atoms with Gasteiger partial charge in [0, 0.05) is 5.69 Å². The first-order valence-corrected chi connectivity index (χ1v) is 4.21. The van der Waals surface area contributed by atoms with Crippen LogP contribution in [0.2, 0.25) is 0 Å². The molecule has 0 fully saturated rings. The van der Waals surface area contributed by atoms with Crippen LogP contribution in [-0.4, -0.2) is 4.32 Å². The van der Waals surface area contributed by atoms with Crippen LogP contribution in [0.5, 0.6) is 0 Å². The first-order chi connectivity index (χ1) is 5.59. The molecule has 64 valence electrons. The van der Waals surface area contributed by atoms with E-state index in [1.54, 1.807) is 13.0 Å². The first kappa shape index (κ1) is 9.48. The Balaban J connectivity index is 2.93. The maximum absolute atomic E-state index is 12.6. The zero-order chi connectivity index (χ0) is 9.14. The van der Waals surface area contributed by atoms with E-state index in [0.29, 0.717) is 4.32 Å². The number of hydrogen-bond acceptors (Lipinski definition) is 1. The highest BCUT2D eigenvalue weighted by Gasteiger charge is 1.99. The summed E-state index contributed by atoms with van der Waals surface area (Å²) in [5.41, 5.74) is 1.60. The van der Waals surface area contributed by atoms with Gasteiger partial charge in [-0.2, -0.15) is 0 Å². The van der Waals surface area contributed by atoms with Crippen LogP contribution >= 0.6 is 24.8 Å². The van der Waals surface area contributed by atoms with E-state index in [-0.39, 0.29) is 5.82 Å². The smallest absolute Gasteiger partial charge is 0.135 e. The van der Waals surface area contributed by atoms with E-state index in [1.807, 2.05) is 0 Å². The molecule has 1 nitrogen and oxygen atoms in total. The Labute approximate surface area is 81.4 Å². The van der Waals surface area contributed by atoms with E-state index in [1.165, 1.54) is 12.1 Å². The molecule has 0 saturated carbocycles. The summed E-state index contributed by atoms with van der Waals surface area (Å²) < 4.78 is 13.0. The van der Waals surface area contributed by atoms with Crippen molar-refractivity contribution in [1.29, 1.82) is 0 Å². The molecule has 0 aromatic heterocycles. The molecule has 0 atom stereocenters. The van der Waals surface area contributed by atoms with Gasteiger partial charge in [-0.1, -0.05) is 12.2 Å². The highest BCUT2D eigenvalue weighted by molar-refractivity contribution is 8.11. The largest absolute Gasteiger partial charge is 0.341 e. The number of aryl methyl sites for hydroxylation is 1. The van der Waals surface area contributed by atoms with Crippen molar-refractivity contribution >= 4 is 34.9 Å². The van der Waals surface area contributed by atoms with Gasteiger partial charge in [-0.15, -0.1) is 12.6 Å². The van der Waals surface area contributed by atoms with Crippen LogP contribution in [0.4, 0.5) is 10.1 Å². The van der Waals surface area contributed by atoms with Crippen LogP contribution in [0.15, 0.2) is 18.2 Å². The van der Waals surface area contributed by atoms with E-state index in [0.717, 1.165) is 11.3 Å². The summed E-state index contributed by atoms with van der Waals surface area (Å²) in [7, 11) is 0. The van der Waals surface area contributed by atoms with Gasteiger partial charge in [0.2, 0.25) is 0 Å². The summed E-state index contributed by atoms with van der Waals surface area (Å²) in [4.78, 5) is 0. The third-order valence-electron chi connectivity index (χ3n) is 1.43. The fourth-order valence-corrected chi connectivity index (χ4v) is 1.11. The van der Waals surface area contributed by atoms with E-state index in [9.17, 15) is 4.39 Å². The van der Waals surface area contributed by atoms with Crippen molar-refractivity contribution < 1.29 is 4.39 Å². The average molecular weight is 201 g/mol. The second-order valence-corrected chi connectivity index (χ2v) is 3.55. The van der Waals surface area contributed by atoms with E-state index in [2.05, 4.69) is 17.9 Å². The average Bonchev–Trinajstić information content (AvgIpc) is 1.94. The molecule has 0 radical (unpaired) electrons. The Morgan fingerprint density at radius 2 is 2.25 bits per heavy atom.